The van der Waals surface area contributed by atoms with E-state index in [0.717, 1.165) is 4.90 Å². The van der Waals surface area contributed by atoms with Crippen LogP contribution >= 0.6 is 38.5 Å². The van der Waals surface area contributed by atoms with Crippen molar-refractivity contribution in [2.24, 2.45) is 0 Å². The molecule has 1 radical (unpaired) electrons. The van der Waals surface area contributed by atoms with Gasteiger partial charge < -0.3 is 14.4 Å². The molecule has 1 atom stereocenters. The molecule has 0 saturated carbocycles. The number of hydrogen-bond donors (Lipinski definition) is 0. The molecule has 1 aromatic rings. The maximum Gasteiger partial charge on any atom is 0.256 e. The Morgan fingerprint density at radius 1 is 1.50 bits per heavy atom. The molecule has 1 unspecified atom stereocenters. The number of carbonyl (C=O) groups is 1. The van der Waals surface area contributed by atoms with Crippen molar-refractivity contribution in [2.75, 3.05) is 20.4 Å². The number of halogens is 4. The van der Waals surface area contributed by atoms with Crippen LogP contribution in [0.4, 0.5) is 8.78 Å². The molecule has 0 aromatic heterocycles. The second kappa shape index (κ2) is 10.5. The second-order valence-electron chi connectivity index (χ2n) is 4.73. The molecule has 0 saturated heterocycles. The normalized spacial score (nSPS) is 17.6. The van der Waals surface area contributed by atoms with E-state index in [9.17, 15) is 13.6 Å². The summed E-state index contributed by atoms with van der Waals surface area (Å²) in [6.45, 7) is -0.540. The molecule has 0 N–H and O–H groups in total. The number of alkyl halides is 3. The first-order chi connectivity index (χ1) is 10.9. The first-order valence-corrected chi connectivity index (χ1v) is 8.74. The summed E-state index contributed by atoms with van der Waals surface area (Å²) in [5.41, 5.74) is 0.987. The molecule has 2 rings (SSSR count). The molecule has 9 heteroatoms. The van der Waals surface area contributed by atoms with E-state index in [1.54, 1.807) is 18.2 Å². The van der Waals surface area contributed by atoms with Crippen molar-refractivity contribution in [3.63, 3.8) is 0 Å². The SMILES string of the molecule is COCOc1ccc(C2=[C-]CC(I)C(=O)N2CC(F)F)c(Br)c1.[Y]. The van der Waals surface area contributed by atoms with Crippen LogP contribution in [0.1, 0.15) is 12.0 Å². The van der Waals surface area contributed by atoms with Gasteiger partial charge in [0, 0.05) is 39.8 Å². The molecule has 24 heavy (non-hydrogen) atoms. The van der Waals surface area contributed by atoms with E-state index < -0.39 is 13.0 Å². The molecule has 0 spiro atoms. The van der Waals surface area contributed by atoms with Gasteiger partial charge in [0.1, 0.15) is 5.75 Å². The van der Waals surface area contributed by atoms with Crippen LogP contribution in [-0.2, 0) is 42.2 Å². The summed E-state index contributed by atoms with van der Waals surface area (Å²) in [7, 11) is 1.51. The number of carbonyl (C=O) groups excluding carboxylic acids is 1. The van der Waals surface area contributed by atoms with Gasteiger partial charge in [0.05, 0.1) is 10.5 Å². The second-order valence-corrected chi connectivity index (χ2v) is 7.09. The third kappa shape index (κ3) is 5.69. The Labute approximate surface area is 186 Å². The quantitative estimate of drug-likeness (QED) is 0.219. The van der Waals surface area contributed by atoms with E-state index in [1.807, 2.05) is 22.6 Å². The third-order valence-electron chi connectivity index (χ3n) is 3.11. The minimum absolute atomic E-state index is 0. The number of hydrogen-bond acceptors (Lipinski definition) is 3. The fourth-order valence-corrected chi connectivity index (χ4v) is 3.21. The molecule has 1 heterocycles. The van der Waals surface area contributed by atoms with Crippen molar-refractivity contribution in [1.82, 2.24) is 4.90 Å². The molecule has 129 valence electrons. The van der Waals surface area contributed by atoms with E-state index in [-0.39, 0.29) is 49.3 Å². The fraction of sp³-hybridized carbons (Fsp3) is 0.400. The Bertz CT molecular complexity index is 618. The molecule has 1 amide bonds. The molecule has 0 fully saturated rings. The summed E-state index contributed by atoms with van der Waals surface area (Å²) in [6, 6.07) is 5.09. The zero-order valence-corrected chi connectivity index (χ0v) is 19.4. The van der Waals surface area contributed by atoms with Gasteiger partial charge in [0.2, 0.25) is 5.91 Å². The summed E-state index contributed by atoms with van der Waals surface area (Å²) in [6.07, 6.45) is 0.841. The van der Waals surface area contributed by atoms with Crippen molar-refractivity contribution >= 4 is 50.1 Å². The maximum absolute atomic E-state index is 12.8. The van der Waals surface area contributed by atoms with Crippen molar-refractivity contribution < 1.29 is 55.8 Å². The standard InChI is InChI=1S/C15H14BrF2INO3.Y/c1-22-8-23-9-2-3-10(11(16)6-9)13-5-4-12(19)15(21)20(13)7-14(17)18;/h2-3,6,12,14H,4,7-8H2,1H3;/q-1;. The number of rotatable bonds is 6. The first kappa shape index (κ1) is 22.4. The smallest absolute Gasteiger partial charge is 0.256 e. The molecule has 1 aliphatic rings. The maximum atomic E-state index is 12.8. The summed E-state index contributed by atoms with van der Waals surface area (Å²) in [5.74, 6) is 0.239. The van der Waals surface area contributed by atoms with Crippen molar-refractivity contribution in [1.29, 1.82) is 0 Å². The van der Waals surface area contributed by atoms with E-state index in [1.165, 1.54) is 7.11 Å². The zero-order valence-electron chi connectivity index (χ0n) is 12.8. The van der Waals surface area contributed by atoms with E-state index in [0.29, 0.717) is 27.9 Å². The Morgan fingerprint density at radius 3 is 2.79 bits per heavy atom. The average Bonchev–Trinajstić information content (AvgIpc) is 2.50. The monoisotopic (exact) mass is 589 g/mol. The number of benzene rings is 1. The van der Waals surface area contributed by atoms with Gasteiger partial charge in [-0.15, -0.1) is 17.3 Å². The van der Waals surface area contributed by atoms with E-state index in [4.69, 9.17) is 9.47 Å². The van der Waals surface area contributed by atoms with Gasteiger partial charge in [-0.2, -0.15) is 0 Å². The van der Waals surface area contributed by atoms with Crippen LogP contribution in [0.3, 0.4) is 0 Å². The minimum Gasteiger partial charge on any atom is -0.468 e. The van der Waals surface area contributed by atoms with Crippen molar-refractivity contribution in [3.8, 4) is 5.75 Å². The van der Waals surface area contributed by atoms with E-state index >= 15 is 0 Å². The topological polar surface area (TPSA) is 38.8 Å². The Balaban J connectivity index is 0.00000288. The molecule has 1 aromatic carbocycles. The summed E-state index contributed by atoms with van der Waals surface area (Å²) in [4.78, 5) is 13.3. The zero-order chi connectivity index (χ0) is 17.0. The van der Waals surface area contributed by atoms with E-state index in [2.05, 4.69) is 22.0 Å². The van der Waals surface area contributed by atoms with Crippen LogP contribution in [-0.4, -0.2) is 41.6 Å². The Morgan fingerprint density at radius 2 is 2.21 bits per heavy atom. The summed E-state index contributed by atoms with van der Waals surface area (Å²) < 4.78 is 36.1. The molecular formula is C15H14BrF2INO3Y-. The number of allylic oxidation sites excluding steroid dienone is 1. The van der Waals surface area contributed by atoms with Gasteiger partial charge in [-0.1, -0.05) is 49.4 Å². The Hall–Kier alpha value is 0.364. The number of nitrogens with zero attached hydrogens (tertiary/aromatic N) is 1. The predicted octanol–water partition coefficient (Wildman–Crippen LogP) is 3.87. The van der Waals surface area contributed by atoms with Crippen LogP contribution < -0.4 is 4.74 Å². The summed E-state index contributed by atoms with van der Waals surface area (Å²) >= 11 is 5.34. The fourth-order valence-electron chi connectivity index (χ4n) is 2.11. The molecule has 4 nitrogen and oxygen atoms in total. The van der Waals surface area contributed by atoms with Crippen LogP contribution in [0.15, 0.2) is 22.7 Å². The number of methoxy groups -OCH3 is 1. The first-order valence-electron chi connectivity index (χ1n) is 6.70. The molecule has 1 aliphatic heterocycles. The molecule has 0 bridgehead atoms. The molecule has 0 aliphatic carbocycles. The molecular weight excluding hydrogens is 576 g/mol. The number of ether oxygens (including phenoxy) is 2. The van der Waals surface area contributed by atoms with Gasteiger partial charge in [-0.25, -0.2) is 14.9 Å². The number of amides is 1. The van der Waals surface area contributed by atoms with Gasteiger partial charge in [-0.05, 0) is 12.1 Å². The summed E-state index contributed by atoms with van der Waals surface area (Å²) in [5, 5.41) is 0. The van der Waals surface area contributed by atoms with Crippen molar-refractivity contribution in [3.05, 3.63) is 34.3 Å². The Kier molecular flexibility index (Phi) is 9.80. The largest absolute Gasteiger partial charge is 0.468 e. The van der Waals surface area contributed by atoms with Crippen LogP contribution in [0, 0.1) is 6.08 Å². The van der Waals surface area contributed by atoms with Gasteiger partial charge in [-0.3, -0.25) is 4.79 Å². The third-order valence-corrected chi connectivity index (χ3v) is 4.74. The van der Waals surface area contributed by atoms with Crippen LogP contribution in [0.5, 0.6) is 5.75 Å². The predicted molar refractivity (Wildman–Crippen MR) is 93.4 cm³/mol. The van der Waals surface area contributed by atoms with Gasteiger partial charge >= 0.3 is 0 Å². The van der Waals surface area contributed by atoms with Crippen LogP contribution in [0.2, 0.25) is 0 Å². The average molecular weight is 590 g/mol. The van der Waals surface area contributed by atoms with Crippen molar-refractivity contribution in [2.45, 2.75) is 16.8 Å². The van der Waals surface area contributed by atoms with Gasteiger partial charge in [0.15, 0.2) is 6.79 Å². The minimum atomic E-state index is -2.61. The van der Waals surface area contributed by atoms with Gasteiger partial charge in [0.25, 0.3) is 6.43 Å². The van der Waals surface area contributed by atoms with Crippen LogP contribution in [0.25, 0.3) is 5.70 Å².